The van der Waals surface area contributed by atoms with Crippen molar-refractivity contribution < 1.29 is 33.4 Å². The first kappa shape index (κ1) is 39.4. The van der Waals surface area contributed by atoms with E-state index < -0.39 is 24.3 Å². The van der Waals surface area contributed by atoms with Gasteiger partial charge in [0.1, 0.15) is 29.4 Å². The first-order chi connectivity index (χ1) is 28.0. The fourth-order valence-corrected chi connectivity index (χ4v) is 9.50. The number of carbonyl (C=O) groups is 4. The van der Waals surface area contributed by atoms with E-state index in [2.05, 4.69) is 33.8 Å². The lowest BCUT2D eigenvalue weighted by Gasteiger charge is -2.31. The lowest BCUT2D eigenvalue weighted by molar-refractivity contribution is -0.136. The number of ether oxygens (including phenoxy) is 3. The highest BCUT2D eigenvalue weighted by molar-refractivity contribution is 6.04. The fourth-order valence-electron chi connectivity index (χ4n) is 9.50. The van der Waals surface area contributed by atoms with Crippen molar-refractivity contribution in [2.24, 2.45) is 16.8 Å². The molecule has 1 aromatic heterocycles. The summed E-state index contributed by atoms with van der Waals surface area (Å²) in [6.45, 7) is 9.17. The molecular formula is C44H55N7O7. The van der Waals surface area contributed by atoms with Gasteiger partial charge in [0.05, 0.1) is 37.3 Å². The minimum Gasteiger partial charge on any atom is -0.457 e. The van der Waals surface area contributed by atoms with Gasteiger partial charge in [-0.15, -0.1) is 0 Å². The number of rotatable bonds is 11. The van der Waals surface area contributed by atoms with E-state index in [1.165, 1.54) is 14.2 Å². The monoisotopic (exact) mass is 793 g/mol. The number of benzene rings is 2. The Morgan fingerprint density at radius 1 is 0.879 bits per heavy atom. The molecule has 4 aliphatic heterocycles. The fraction of sp³-hybridized carbons (Fsp3) is 0.545. The molecule has 0 radical (unpaired) electrons. The highest BCUT2D eigenvalue weighted by atomic mass is 16.5. The Kier molecular flexibility index (Phi) is 10.7. The van der Waals surface area contributed by atoms with Crippen molar-refractivity contribution in [2.75, 3.05) is 27.3 Å². The maximum Gasteiger partial charge on any atom is 0.407 e. The smallest absolute Gasteiger partial charge is 0.407 e. The highest BCUT2D eigenvalue weighted by Gasteiger charge is 2.53. The number of carbonyl (C=O) groups excluding carboxylic acids is 4. The number of nitrogens with one attached hydrogen (secondary N) is 3. The zero-order chi connectivity index (χ0) is 40.9. The normalized spacial score (nSPS) is 22.2. The summed E-state index contributed by atoms with van der Waals surface area (Å²) in [4.78, 5) is 69.6. The second-order valence-electron chi connectivity index (χ2n) is 16.7. The SMILES string of the molecule is CC[C@H](C)[C@H](NC(=O)OC)C(=O)N1CCC[C@H]1C1=NC=C(c2ccc3c(c2)Oc2ccc4[nH]c([C@@H]5CCCN5C(=O)[C@@H](NC(=O)OC)[C@@H](C)CC)nc4c2C32CC2)C1. The van der Waals surface area contributed by atoms with Gasteiger partial charge in [0.2, 0.25) is 11.8 Å². The van der Waals surface area contributed by atoms with Crippen molar-refractivity contribution >= 4 is 46.3 Å². The second-order valence-corrected chi connectivity index (χ2v) is 16.7. The average molecular weight is 794 g/mol. The Morgan fingerprint density at radius 2 is 1.50 bits per heavy atom. The van der Waals surface area contributed by atoms with Crippen LogP contribution in [-0.4, -0.2) is 94.9 Å². The summed E-state index contributed by atoms with van der Waals surface area (Å²) >= 11 is 0. The summed E-state index contributed by atoms with van der Waals surface area (Å²) in [5, 5.41) is 5.56. The second kappa shape index (κ2) is 15.7. The first-order valence-corrected chi connectivity index (χ1v) is 20.9. The number of hydrogen-bond donors (Lipinski definition) is 3. The Balaban J connectivity index is 1.00. The third-order valence-corrected chi connectivity index (χ3v) is 13.4. The molecule has 3 N–H and O–H groups in total. The van der Waals surface area contributed by atoms with Gasteiger partial charge in [-0.2, -0.15) is 0 Å². The number of imidazole rings is 1. The van der Waals surface area contributed by atoms with Gasteiger partial charge >= 0.3 is 12.2 Å². The van der Waals surface area contributed by atoms with E-state index in [-0.39, 0.29) is 41.1 Å². The minimum absolute atomic E-state index is 0.0486. The largest absolute Gasteiger partial charge is 0.457 e. The van der Waals surface area contributed by atoms with Crippen LogP contribution in [0.5, 0.6) is 11.5 Å². The van der Waals surface area contributed by atoms with Crippen LogP contribution in [0.25, 0.3) is 16.6 Å². The molecule has 0 bridgehead atoms. The molecule has 6 atom stereocenters. The number of allylic oxidation sites excluding steroid dienone is 1. The van der Waals surface area contributed by atoms with Crippen LogP contribution in [0, 0.1) is 11.8 Å². The Morgan fingerprint density at radius 3 is 2.10 bits per heavy atom. The Hall–Kier alpha value is -5.40. The van der Waals surface area contributed by atoms with Crippen LogP contribution in [0.15, 0.2) is 41.5 Å². The number of fused-ring (bicyclic) bond motifs is 6. The van der Waals surface area contributed by atoms with E-state index in [0.717, 1.165) is 108 Å². The minimum atomic E-state index is -0.691. The molecule has 8 rings (SSSR count). The van der Waals surface area contributed by atoms with Crippen molar-refractivity contribution in [3.8, 4) is 11.5 Å². The van der Waals surface area contributed by atoms with Gasteiger partial charge in [-0.3, -0.25) is 14.6 Å². The molecule has 1 aliphatic carbocycles. The zero-order valence-corrected chi connectivity index (χ0v) is 34.4. The third kappa shape index (κ3) is 6.87. The van der Waals surface area contributed by atoms with Crippen molar-refractivity contribution in [1.82, 2.24) is 30.4 Å². The summed E-state index contributed by atoms with van der Waals surface area (Å²) in [5.74, 6) is 2.03. The number of nitrogens with zero attached hydrogens (tertiary/aromatic N) is 4. The number of alkyl carbamates (subject to hydrolysis) is 2. The number of hydrogen-bond acceptors (Lipinski definition) is 9. The highest BCUT2D eigenvalue weighted by Crippen LogP contribution is 2.63. The van der Waals surface area contributed by atoms with Crippen LogP contribution in [0.4, 0.5) is 9.59 Å². The molecule has 3 fully saturated rings. The maximum atomic E-state index is 14.0. The molecule has 2 saturated heterocycles. The molecule has 1 spiro atoms. The molecule has 14 nitrogen and oxygen atoms in total. The predicted molar refractivity (Wildman–Crippen MR) is 219 cm³/mol. The molecule has 308 valence electrons. The number of aromatic amines is 1. The topological polar surface area (TPSA) is 168 Å². The van der Waals surface area contributed by atoms with Crippen LogP contribution < -0.4 is 15.4 Å². The zero-order valence-electron chi connectivity index (χ0n) is 34.4. The van der Waals surface area contributed by atoms with Crippen LogP contribution in [0.3, 0.4) is 0 Å². The number of amides is 4. The number of likely N-dealkylation sites (tertiary alicyclic amines) is 2. The quantitative estimate of drug-likeness (QED) is 0.184. The Bertz CT molecular complexity index is 2190. The van der Waals surface area contributed by atoms with E-state index in [1.807, 2.05) is 55.8 Å². The van der Waals surface area contributed by atoms with E-state index in [0.29, 0.717) is 19.5 Å². The predicted octanol–water partition coefficient (Wildman–Crippen LogP) is 7.13. The molecule has 14 heteroatoms. The molecule has 4 amide bonds. The van der Waals surface area contributed by atoms with Gasteiger partial charge in [-0.05, 0) is 79.7 Å². The number of aromatic nitrogens is 2. The third-order valence-electron chi connectivity index (χ3n) is 13.4. The Labute approximate surface area is 339 Å². The lowest BCUT2D eigenvalue weighted by Crippen LogP contribution is -2.54. The summed E-state index contributed by atoms with van der Waals surface area (Å²) < 4.78 is 16.4. The number of methoxy groups -OCH3 is 2. The van der Waals surface area contributed by atoms with Gasteiger partial charge in [0.15, 0.2) is 0 Å². The number of H-pyrrole nitrogens is 1. The van der Waals surface area contributed by atoms with Crippen molar-refractivity contribution in [3.63, 3.8) is 0 Å². The molecule has 5 heterocycles. The van der Waals surface area contributed by atoms with E-state index in [1.54, 1.807) is 0 Å². The van der Waals surface area contributed by atoms with E-state index in [4.69, 9.17) is 24.2 Å². The first-order valence-electron chi connectivity index (χ1n) is 20.9. The molecule has 0 unspecified atom stereocenters. The molecule has 3 aromatic rings. The van der Waals surface area contributed by atoms with Gasteiger partial charge in [-0.25, -0.2) is 14.6 Å². The van der Waals surface area contributed by atoms with Gasteiger partial charge in [0, 0.05) is 48.0 Å². The molecule has 58 heavy (non-hydrogen) atoms. The summed E-state index contributed by atoms with van der Waals surface area (Å²) in [6, 6.07) is 8.78. The lowest BCUT2D eigenvalue weighted by atomic mass is 9.83. The van der Waals surface area contributed by atoms with Gasteiger partial charge < -0.3 is 39.6 Å². The molecule has 5 aliphatic rings. The number of aliphatic imine (C=N–C) groups is 1. The molecule has 1 saturated carbocycles. The van der Waals surface area contributed by atoms with Crippen molar-refractivity contribution in [1.29, 1.82) is 0 Å². The van der Waals surface area contributed by atoms with Crippen molar-refractivity contribution in [3.05, 3.63) is 59.0 Å². The standard InChI is InChI=1S/C44H55N7O7/c1-7-24(3)36(48-42(54)56-5)40(52)50-19-9-11-31(50)30-21-27(23-45-30)26-13-14-28-34(22-26)58-33-16-15-29-38(35(33)44(28)17-18-44)47-39(46-29)32-12-10-20-51(32)41(53)37(25(4)8-2)49-43(55)57-6/h13-16,22-25,31-32,36-37H,7-12,17-21H2,1-6H3,(H,46,47)(H,48,54)(H,49,55)/t24-,25-,31-,32-,36-,37-/m0/s1. The average Bonchev–Trinajstić information content (AvgIpc) is 3.78. The van der Waals surface area contributed by atoms with Crippen LogP contribution in [-0.2, 0) is 24.5 Å². The van der Waals surface area contributed by atoms with E-state index in [9.17, 15) is 19.2 Å². The van der Waals surface area contributed by atoms with Crippen LogP contribution >= 0.6 is 0 Å². The maximum absolute atomic E-state index is 14.0. The van der Waals surface area contributed by atoms with Crippen LogP contribution in [0.1, 0.15) is 114 Å². The molecular weight excluding hydrogens is 739 g/mol. The van der Waals surface area contributed by atoms with Crippen LogP contribution in [0.2, 0.25) is 0 Å². The van der Waals surface area contributed by atoms with Crippen molar-refractivity contribution in [2.45, 2.75) is 115 Å². The van der Waals surface area contributed by atoms with Gasteiger partial charge in [0.25, 0.3) is 0 Å². The van der Waals surface area contributed by atoms with E-state index >= 15 is 0 Å². The van der Waals surface area contributed by atoms with Gasteiger partial charge in [-0.1, -0.05) is 52.7 Å². The summed E-state index contributed by atoms with van der Waals surface area (Å²) in [6.07, 6.45) is 8.06. The molecule has 2 aromatic carbocycles. The summed E-state index contributed by atoms with van der Waals surface area (Å²) in [7, 11) is 2.62. The summed E-state index contributed by atoms with van der Waals surface area (Å²) in [5.41, 5.74) is 6.85.